The van der Waals surface area contributed by atoms with Crippen molar-refractivity contribution in [2.75, 3.05) is 14.1 Å². The highest BCUT2D eigenvalue weighted by molar-refractivity contribution is 8.26. The number of nitrogens with one attached hydrogen (secondary N) is 1. The molecule has 1 aliphatic heterocycles. The van der Waals surface area contributed by atoms with Crippen molar-refractivity contribution in [3.8, 4) is 0 Å². The molecule has 0 saturated carbocycles. The zero-order valence-electron chi connectivity index (χ0n) is 10.5. The number of thiocarbonyl (C=S) groups is 1. The lowest BCUT2D eigenvalue weighted by Gasteiger charge is -2.03. The molecule has 0 bridgehead atoms. The van der Waals surface area contributed by atoms with Crippen LogP contribution in [0.25, 0.3) is 6.08 Å². The molecule has 1 saturated heterocycles. The fourth-order valence-electron chi connectivity index (χ4n) is 1.57. The molecule has 1 fully saturated rings. The summed E-state index contributed by atoms with van der Waals surface area (Å²) >= 11 is 6.34. The van der Waals surface area contributed by atoms with Gasteiger partial charge in [0, 0.05) is 19.7 Å². The average molecular weight is 292 g/mol. The number of carbonyl (C=O) groups excluding carboxylic acids is 2. The second-order valence-corrected chi connectivity index (χ2v) is 5.62. The third-order valence-electron chi connectivity index (χ3n) is 2.68. The van der Waals surface area contributed by atoms with Crippen LogP contribution in [0.15, 0.2) is 29.2 Å². The molecule has 0 aliphatic carbocycles. The predicted octanol–water partition coefficient (Wildman–Crippen LogP) is 1.88. The third-order valence-corrected chi connectivity index (χ3v) is 4.17. The number of hydrogen-bond acceptors (Lipinski definition) is 4. The van der Waals surface area contributed by atoms with Crippen LogP contribution in [-0.4, -0.2) is 35.1 Å². The van der Waals surface area contributed by atoms with Gasteiger partial charge in [-0.05, 0) is 23.8 Å². The van der Waals surface area contributed by atoms with E-state index in [4.69, 9.17) is 12.2 Å². The van der Waals surface area contributed by atoms with Gasteiger partial charge < -0.3 is 5.32 Å². The van der Waals surface area contributed by atoms with Crippen molar-refractivity contribution in [3.63, 3.8) is 0 Å². The zero-order valence-corrected chi connectivity index (χ0v) is 12.1. The fourth-order valence-corrected chi connectivity index (χ4v) is 2.75. The first-order chi connectivity index (χ1) is 9.02. The topological polar surface area (TPSA) is 49.4 Å². The van der Waals surface area contributed by atoms with Crippen LogP contribution in [0.1, 0.15) is 15.9 Å². The van der Waals surface area contributed by atoms with Crippen LogP contribution in [0, 0.1) is 0 Å². The van der Waals surface area contributed by atoms with E-state index >= 15 is 0 Å². The van der Waals surface area contributed by atoms with Crippen molar-refractivity contribution in [2.45, 2.75) is 0 Å². The summed E-state index contributed by atoms with van der Waals surface area (Å²) in [7, 11) is 3.25. The molecule has 0 radical (unpaired) electrons. The lowest BCUT2D eigenvalue weighted by molar-refractivity contribution is -0.121. The summed E-state index contributed by atoms with van der Waals surface area (Å²) in [5, 5.41) is 2.56. The van der Waals surface area contributed by atoms with Crippen LogP contribution < -0.4 is 5.32 Å². The van der Waals surface area contributed by atoms with Gasteiger partial charge in [-0.3, -0.25) is 14.5 Å². The molecule has 1 N–H and O–H groups in total. The monoisotopic (exact) mass is 292 g/mol. The quantitative estimate of drug-likeness (QED) is 0.668. The Morgan fingerprint density at radius 3 is 2.47 bits per heavy atom. The maximum absolute atomic E-state index is 11.8. The molecule has 0 aromatic heterocycles. The molecule has 2 amide bonds. The Morgan fingerprint density at radius 2 is 2.00 bits per heavy atom. The summed E-state index contributed by atoms with van der Waals surface area (Å²) in [6.45, 7) is 0. The van der Waals surface area contributed by atoms with E-state index in [9.17, 15) is 9.59 Å². The zero-order chi connectivity index (χ0) is 14.0. The summed E-state index contributed by atoms with van der Waals surface area (Å²) in [6.07, 6.45) is 1.77. The summed E-state index contributed by atoms with van der Waals surface area (Å²) in [5.74, 6) is -0.225. The number of thioether (sulfide) groups is 1. The minimum absolute atomic E-state index is 0.0922. The summed E-state index contributed by atoms with van der Waals surface area (Å²) in [6, 6.07) is 7.04. The maximum atomic E-state index is 11.8. The lowest BCUT2D eigenvalue weighted by Crippen LogP contribution is -2.22. The van der Waals surface area contributed by atoms with Crippen molar-refractivity contribution in [2.24, 2.45) is 0 Å². The Labute approximate surface area is 120 Å². The second-order valence-electron chi connectivity index (χ2n) is 3.94. The van der Waals surface area contributed by atoms with Crippen LogP contribution in [0.5, 0.6) is 0 Å². The summed E-state index contributed by atoms with van der Waals surface area (Å²) in [4.78, 5) is 25.3. The first-order valence-corrected chi connectivity index (χ1v) is 6.79. The number of hydrogen-bond donors (Lipinski definition) is 1. The van der Waals surface area contributed by atoms with E-state index in [1.54, 1.807) is 44.4 Å². The Hall–Kier alpha value is -1.66. The number of nitrogens with zero attached hydrogens (tertiary/aromatic N) is 1. The Bertz CT molecular complexity index is 579. The molecule has 19 heavy (non-hydrogen) atoms. The molecule has 1 aromatic rings. The van der Waals surface area contributed by atoms with Gasteiger partial charge in [0.2, 0.25) is 0 Å². The Morgan fingerprint density at radius 1 is 1.37 bits per heavy atom. The van der Waals surface area contributed by atoms with E-state index in [2.05, 4.69) is 5.32 Å². The molecule has 0 unspecified atom stereocenters. The van der Waals surface area contributed by atoms with Gasteiger partial charge >= 0.3 is 0 Å². The number of benzene rings is 1. The van der Waals surface area contributed by atoms with Gasteiger partial charge in [0.05, 0.1) is 4.91 Å². The van der Waals surface area contributed by atoms with Gasteiger partial charge in [-0.1, -0.05) is 36.1 Å². The van der Waals surface area contributed by atoms with E-state index in [-0.39, 0.29) is 11.8 Å². The molecule has 4 nitrogen and oxygen atoms in total. The summed E-state index contributed by atoms with van der Waals surface area (Å²) < 4.78 is 0.554. The lowest BCUT2D eigenvalue weighted by atomic mass is 10.1. The fraction of sp³-hybridized carbons (Fsp3) is 0.154. The first-order valence-electron chi connectivity index (χ1n) is 5.56. The van der Waals surface area contributed by atoms with Gasteiger partial charge in [0.1, 0.15) is 4.32 Å². The van der Waals surface area contributed by atoms with E-state index in [1.807, 2.05) is 0 Å². The minimum atomic E-state index is -0.133. The molecule has 1 aromatic carbocycles. The van der Waals surface area contributed by atoms with Crippen molar-refractivity contribution in [1.29, 1.82) is 0 Å². The SMILES string of the molecule is CNC(=O)c1ccc(C=C2SC(=S)N(C)C2=O)cc1. The molecule has 1 aliphatic rings. The highest BCUT2D eigenvalue weighted by atomic mass is 32.2. The van der Waals surface area contributed by atoms with E-state index in [0.717, 1.165) is 5.56 Å². The van der Waals surface area contributed by atoms with Gasteiger partial charge in [0.15, 0.2) is 0 Å². The van der Waals surface area contributed by atoms with Crippen LogP contribution in [0.2, 0.25) is 0 Å². The van der Waals surface area contributed by atoms with E-state index in [1.165, 1.54) is 16.7 Å². The maximum Gasteiger partial charge on any atom is 0.265 e. The average Bonchev–Trinajstić information content (AvgIpc) is 2.66. The summed E-state index contributed by atoms with van der Waals surface area (Å²) in [5.41, 5.74) is 1.45. The normalized spacial score (nSPS) is 17.2. The van der Waals surface area contributed by atoms with Crippen molar-refractivity contribution < 1.29 is 9.59 Å². The molecule has 98 valence electrons. The van der Waals surface area contributed by atoms with Crippen molar-refractivity contribution >= 4 is 46.2 Å². The Balaban J connectivity index is 2.23. The van der Waals surface area contributed by atoms with Gasteiger partial charge in [-0.2, -0.15) is 0 Å². The van der Waals surface area contributed by atoms with Crippen LogP contribution in [-0.2, 0) is 4.79 Å². The van der Waals surface area contributed by atoms with Gasteiger partial charge in [-0.15, -0.1) is 0 Å². The molecule has 1 heterocycles. The van der Waals surface area contributed by atoms with Gasteiger partial charge in [0.25, 0.3) is 11.8 Å². The Kier molecular flexibility index (Phi) is 4.01. The molecular weight excluding hydrogens is 280 g/mol. The molecule has 2 rings (SSSR count). The molecular formula is C13H12N2O2S2. The van der Waals surface area contributed by atoms with Crippen LogP contribution >= 0.6 is 24.0 Å². The number of carbonyl (C=O) groups is 2. The first kappa shape index (κ1) is 13.8. The predicted molar refractivity (Wildman–Crippen MR) is 80.8 cm³/mol. The van der Waals surface area contributed by atoms with E-state index < -0.39 is 0 Å². The third kappa shape index (κ3) is 2.85. The standard InChI is InChI=1S/C13H12N2O2S2/c1-14-11(16)9-5-3-8(4-6-9)7-10-12(17)15(2)13(18)19-10/h3-7H,1-2H3,(H,14,16). The van der Waals surface area contributed by atoms with Crippen molar-refractivity contribution in [3.05, 3.63) is 40.3 Å². The minimum Gasteiger partial charge on any atom is -0.355 e. The van der Waals surface area contributed by atoms with Crippen LogP contribution in [0.3, 0.4) is 0 Å². The van der Waals surface area contributed by atoms with Gasteiger partial charge in [-0.25, -0.2) is 0 Å². The number of rotatable bonds is 2. The highest BCUT2D eigenvalue weighted by Gasteiger charge is 2.28. The van der Waals surface area contributed by atoms with E-state index in [0.29, 0.717) is 14.8 Å². The highest BCUT2D eigenvalue weighted by Crippen LogP contribution is 2.31. The number of amides is 2. The largest absolute Gasteiger partial charge is 0.355 e. The smallest absolute Gasteiger partial charge is 0.265 e. The number of likely N-dealkylation sites (N-methyl/N-ethyl adjacent to an activating group) is 1. The molecule has 6 heteroatoms. The molecule has 0 spiro atoms. The second kappa shape index (κ2) is 5.54. The molecule has 0 atom stereocenters. The van der Waals surface area contributed by atoms with Crippen LogP contribution in [0.4, 0.5) is 0 Å². The van der Waals surface area contributed by atoms with Crippen molar-refractivity contribution in [1.82, 2.24) is 10.2 Å².